The third kappa shape index (κ3) is 4.95. The van der Waals surface area contributed by atoms with Crippen LogP contribution in [-0.4, -0.2) is 80.1 Å². The van der Waals surface area contributed by atoms with E-state index in [1.54, 1.807) is 0 Å². The largest absolute Gasteiger partial charge is 0.417 e. The van der Waals surface area contributed by atoms with Gasteiger partial charge in [0.15, 0.2) is 0 Å². The van der Waals surface area contributed by atoms with Gasteiger partial charge in [0.1, 0.15) is 5.71 Å². The van der Waals surface area contributed by atoms with Crippen molar-refractivity contribution in [1.82, 2.24) is 9.21 Å². The molecule has 2 heterocycles. The van der Waals surface area contributed by atoms with Crippen molar-refractivity contribution in [3.8, 4) is 0 Å². The summed E-state index contributed by atoms with van der Waals surface area (Å²) in [5.74, 6) is -1.05. The van der Waals surface area contributed by atoms with E-state index in [0.29, 0.717) is 18.7 Å². The fraction of sp³-hybridized carbons (Fsp3) is 0.538. The molecule has 0 aromatic carbocycles. The van der Waals surface area contributed by atoms with Crippen LogP contribution < -0.4 is 0 Å². The van der Waals surface area contributed by atoms with Gasteiger partial charge in [0.05, 0.1) is 11.8 Å². The summed E-state index contributed by atoms with van der Waals surface area (Å²) in [6, 6.07) is -0.909. The van der Waals surface area contributed by atoms with E-state index in [2.05, 4.69) is 9.98 Å². The number of urea groups is 1. The molecule has 0 aliphatic carbocycles. The zero-order chi connectivity index (χ0) is 18.8. The molecule has 2 aliphatic rings. The first-order valence-corrected chi connectivity index (χ1v) is 9.03. The molecule has 0 radical (unpaired) electrons. The maximum atomic E-state index is 12.7. The Kier molecular flexibility index (Phi) is 5.42. The monoisotopic (exact) mass is 380 g/mol. The van der Waals surface area contributed by atoms with Crippen molar-refractivity contribution in [2.24, 2.45) is 9.98 Å². The number of sulfonamides is 1. The van der Waals surface area contributed by atoms with Gasteiger partial charge in [-0.3, -0.25) is 4.79 Å². The summed E-state index contributed by atoms with van der Waals surface area (Å²) in [5.41, 5.74) is -1.89. The smallest absolute Gasteiger partial charge is 0.322 e. The van der Waals surface area contributed by atoms with Gasteiger partial charge in [-0.15, -0.1) is 0 Å². The molecule has 1 saturated heterocycles. The van der Waals surface area contributed by atoms with Gasteiger partial charge in [0, 0.05) is 32.4 Å². The molecule has 0 aromatic heterocycles. The predicted octanol–water partition coefficient (Wildman–Crippen LogP) is 0.614. The summed E-state index contributed by atoms with van der Waals surface area (Å²) in [4.78, 5) is 31.4. The normalized spacial score (nSPS) is 22.1. The van der Waals surface area contributed by atoms with E-state index >= 15 is 0 Å². The van der Waals surface area contributed by atoms with Crippen LogP contribution >= 0.6 is 0 Å². The Morgan fingerprint density at radius 2 is 1.92 bits per heavy atom. The minimum Gasteiger partial charge on any atom is -0.322 e. The second-order valence-corrected chi connectivity index (χ2v) is 7.43. The zero-order valence-electron chi connectivity index (χ0n) is 13.2. The van der Waals surface area contributed by atoms with Crippen molar-refractivity contribution < 1.29 is 31.2 Å². The number of rotatable bonds is 1. The average Bonchev–Trinajstić information content (AvgIpc) is 2.74. The lowest BCUT2D eigenvalue weighted by Gasteiger charge is -2.19. The lowest BCUT2D eigenvalue weighted by atomic mass is 10.1. The molecule has 12 heteroatoms. The van der Waals surface area contributed by atoms with Gasteiger partial charge < -0.3 is 4.90 Å². The number of dihydropyridines is 1. The minimum atomic E-state index is -4.72. The van der Waals surface area contributed by atoms with Crippen LogP contribution in [0.25, 0.3) is 0 Å². The van der Waals surface area contributed by atoms with Crippen molar-refractivity contribution in [2.75, 3.05) is 32.4 Å². The average molecular weight is 380 g/mol. The van der Waals surface area contributed by atoms with Crippen molar-refractivity contribution in [1.29, 1.82) is 0 Å². The van der Waals surface area contributed by atoms with Crippen LogP contribution in [-0.2, 0) is 14.8 Å². The molecule has 0 spiro atoms. The molecule has 0 atom stereocenters. The van der Waals surface area contributed by atoms with Gasteiger partial charge in [-0.1, -0.05) is 0 Å². The number of amides is 3. The summed E-state index contributed by atoms with van der Waals surface area (Å²) in [7, 11) is -3.41. The molecule has 0 saturated carbocycles. The first-order chi connectivity index (χ1) is 11.5. The molecule has 25 heavy (non-hydrogen) atoms. The van der Waals surface area contributed by atoms with E-state index in [-0.39, 0.29) is 26.2 Å². The SMILES string of the molecule is CS(=O)(=O)N1CCCN(C(=O)/N=C2/C=C(C(F)(F)F)C=NC2=O)CC1. The van der Waals surface area contributed by atoms with Crippen LogP contribution in [0.2, 0.25) is 0 Å². The number of carbonyl (C=O) groups excluding carboxylic acids is 2. The lowest BCUT2D eigenvalue weighted by molar-refractivity contribution is -0.111. The highest BCUT2D eigenvalue weighted by Crippen LogP contribution is 2.25. The first kappa shape index (κ1) is 19.2. The maximum absolute atomic E-state index is 12.7. The van der Waals surface area contributed by atoms with Crippen molar-refractivity contribution >= 4 is 33.9 Å². The number of aliphatic imine (C=N–C) groups is 2. The number of hydrogen-bond donors (Lipinski definition) is 0. The van der Waals surface area contributed by atoms with Crippen LogP contribution in [0.1, 0.15) is 6.42 Å². The number of nitrogens with zero attached hydrogens (tertiary/aromatic N) is 4. The first-order valence-electron chi connectivity index (χ1n) is 7.18. The Bertz CT molecular complexity index is 771. The maximum Gasteiger partial charge on any atom is 0.417 e. The van der Waals surface area contributed by atoms with Crippen LogP contribution in [0, 0.1) is 0 Å². The molecule has 2 aliphatic heterocycles. The highest BCUT2D eigenvalue weighted by Gasteiger charge is 2.35. The fourth-order valence-corrected chi connectivity index (χ4v) is 3.14. The van der Waals surface area contributed by atoms with Crippen LogP contribution in [0.5, 0.6) is 0 Å². The Morgan fingerprint density at radius 3 is 2.52 bits per heavy atom. The van der Waals surface area contributed by atoms with E-state index in [9.17, 15) is 31.2 Å². The molecule has 0 bridgehead atoms. The summed E-state index contributed by atoms with van der Waals surface area (Å²) in [6.07, 6.45) is -2.48. The molecular formula is C13H15F3N4O4S. The van der Waals surface area contributed by atoms with E-state index in [1.165, 1.54) is 9.21 Å². The van der Waals surface area contributed by atoms with E-state index < -0.39 is 39.4 Å². The molecule has 1 fully saturated rings. The van der Waals surface area contributed by atoms with Gasteiger partial charge in [0.2, 0.25) is 10.0 Å². The van der Waals surface area contributed by atoms with Crippen molar-refractivity contribution in [3.05, 3.63) is 11.6 Å². The highest BCUT2D eigenvalue weighted by molar-refractivity contribution is 7.88. The zero-order valence-corrected chi connectivity index (χ0v) is 14.0. The molecule has 2 rings (SSSR count). The minimum absolute atomic E-state index is 0.0238. The molecule has 0 unspecified atom stereocenters. The Hall–Kier alpha value is -2.08. The standard InChI is InChI=1S/C13H15F3N4O4S/c1-25(23,24)20-4-2-3-19(5-6-20)12(22)18-10-7-9(13(14,15)16)8-17-11(10)21/h7-8H,2-6H2,1H3/b18-10-. The molecule has 8 nitrogen and oxygen atoms in total. The summed E-state index contributed by atoms with van der Waals surface area (Å²) >= 11 is 0. The summed E-state index contributed by atoms with van der Waals surface area (Å²) in [5, 5.41) is 0. The predicted molar refractivity (Wildman–Crippen MR) is 83.1 cm³/mol. The van der Waals surface area contributed by atoms with Gasteiger partial charge in [-0.25, -0.2) is 22.5 Å². The van der Waals surface area contributed by atoms with E-state index in [0.717, 1.165) is 6.26 Å². The molecule has 3 amide bonds. The number of halogens is 3. The Balaban J connectivity index is 2.15. The van der Waals surface area contributed by atoms with Crippen LogP contribution in [0.4, 0.5) is 18.0 Å². The van der Waals surface area contributed by atoms with E-state index in [4.69, 9.17) is 0 Å². The number of alkyl halides is 3. The lowest BCUT2D eigenvalue weighted by Crippen LogP contribution is -2.36. The van der Waals surface area contributed by atoms with Gasteiger partial charge in [0.25, 0.3) is 5.91 Å². The Morgan fingerprint density at radius 1 is 1.24 bits per heavy atom. The number of carbonyl (C=O) groups is 2. The Labute approximate surface area is 141 Å². The topological polar surface area (TPSA) is 99.5 Å². The van der Waals surface area contributed by atoms with Crippen LogP contribution in [0.15, 0.2) is 21.6 Å². The second kappa shape index (κ2) is 7.04. The fourth-order valence-electron chi connectivity index (χ4n) is 2.27. The number of allylic oxidation sites excluding steroid dienone is 1. The quantitative estimate of drug-likeness (QED) is 0.666. The molecule has 0 aromatic rings. The van der Waals surface area contributed by atoms with Gasteiger partial charge in [-0.05, 0) is 12.5 Å². The summed E-state index contributed by atoms with van der Waals surface area (Å²) < 4.78 is 62.2. The van der Waals surface area contributed by atoms with Crippen molar-refractivity contribution in [3.63, 3.8) is 0 Å². The second-order valence-electron chi connectivity index (χ2n) is 5.44. The van der Waals surface area contributed by atoms with Crippen LogP contribution in [0.3, 0.4) is 0 Å². The van der Waals surface area contributed by atoms with E-state index in [1.807, 2.05) is 0 Å². The van der Waals surface area contributed by atoms with Crippen molar-refractivity contribution in [2.45, 2.75) is 12.6 Å². The summed E-state index contributed by atoms with van der Waals surface area (Å²) in [6.45, 7) is 0.469. The molecular weight excluding hydrogens is 365 g/mol. The third-order valence-electron chi connectivity index (χ3n) is 3.57. The van der Waals surface area contributed by atoms with Gasteiger partial charge in [-0.2, -0.15) is 18.2 Å². The highest BCUT2D eigenvalue weighted by atomic mass is 32.2. The molecule has 0 N–H and O–H groups in total. The third-order valence-corrected chi connectivity index (χ3v) is 4.87. The van der Waals surface area contributed by atoms with Gasteiger partial charge >= 0.3 is 12.2 Å². The number of hydrogen-bond acceptors (Lipinski definition) is 4. The molecule has 138 valence electrons.